The summed E-state index contributed by atoms with van der Waals surface area (Å²) < 4.78 is 13.1. The quantitative estimate of drug-likeness (QED) is 0.489. The van der Waals surface area contributed by atoms with Gasteiger partial charge in [0.1, 0.15) is 6.07 Å². The smallest absolute Gasteiger partial charge is 0.258 e. The van der Waals surface area contributed by atoms with Gasteiger partial charge in [0.05, 0.1) is 10.5 Å². The second-order valence-corrected chi connectivity index (χ2v) is 2.46. The van der Waals surface area contributed by atoms with Gasteiger partial charge in [-0.05, 0) is 13.0 Å². The molecule has 4 nitrogen and oxygen atoms in total. The van der Waals surface area contributed by atoms with Gasteiger partial charge in [-0.25, -0.2) is 0 Å². The van der Waals surface area contributed by atoms with Crippen LogP contribution in [-0.2, 0) is 0 Å². The Morgan fingerprint density at radius 3 is 2.69 bits per heavy atom. The summed E-state index contributed by atoms with van der Waals surface area (Å²) in [6, 6.07) is 4.11. The molecule has 0 aliphatic heterocycles. The van der Waals surface area contributed by atoms with Crippen LogP contribution < -0.4 is 0 Å². The second kappa shape index (κ2) is 3.19. The fourth-order valence-electron chi connectivity index (χ4n) is 0.972. The third-order valence-corrected chi connectivity index (χ3v) is 1.62. The minimum atomic E-state index is -1.06. The van der Waals surface area contributed by atoms with Gasteiger partial charge in [-0.3, -0.25) is 10.1 Å². The zero-order valence-corrected chi connectivity index (χ0v) is 6.74. The zero-order chi connectivity index (χ0) is 10.0. The van der Waals surface area contributed by atoms with E-state index in [0.29, 0.717) is 0 Å². The maximum absolute atomic E-state index is 13.1. The Balaban J connectivity index is 3.50. The number of nitro groups is 1. The normalized spacial score (nSPS) is 9.31. The van der Waals surface area contributed by atoms with Crippen molar-refractivity contribution in [3.05, 3.63) is 39.2 Å². The number of rotatable bonds is 1. The summed E-state index contributed by atoms with van der Waals surface area (Å²) in [5.74, 6) is -1.06. The molecule has 0 amide bonds. The van der Waals surface area contributed by atoms with Crippen LogP contribution in [0.3, 0.4) is 0 Å². The van der Waals surface area contributed by atoms with E-state index in [1.807, 2.05) is 0 Å². The highest BCUT2D eigenvalue weighted by Gasteiger charge is 2.20. The monoisotopic (exact) mass is 180 g/mol. The highest BCUT2D eigenvalue weighted by molar-refractivity contribution is 5.48. The molecule has 1 aromatic rings. The van der Waals surface area contributed by atoms with Crippen molar-refractivity contribution in [3.8, 4) is 6.07 Å². The van der Waals surface area contributed by atoms with Crippen LogP contribution >= 0.6 is 0 Å². The highest BCUT2D eigenvalue weighted by atomic mass is 19.1. The lowest BCUT2D eigenvalue weighted by molar-refractivity contribution is -0.388. The van der Waals surface area contributed by atoms with Crippen molar-refractivity contribution in [1.29, 1.82) is 5.26 Å². The molecule has 1 aromatic carbocycles. The minimum absolute atomic E-state index is 0.210. The van der Waals surface area contributed by atoms with Crippen molar-refractivity contribution in [2.45, 2.75) is 6.92 Å². The van der Waals surface area contributed by atoms with Crippen LogP contribution in [0.2, 0.25) is 0 Å². The Morgan fingerprint density at radius 1 is 1.62 bits per heavy atom. The number of benzene rings is 1. The third-order valence-electron chi connectivity index (χ3n) is 1.62. The molecular formula is C8H5FN2O2. The van der Waals surface area contributed by atoms with Crippen molar-refractivity contribution in [3.63, 3.8) is 0 Å². The first-order valence-electron chi connectivity index (χ1n) is 3.41. The molecule has 0 aliphatic rings. The van der Waals surface area contributed by atoms with E-state index in [4.69, 9.17) is 5.26 Å². The average Bonchev–Trinajstić information content (AvgIpc) is 2.04. The third kappa shape index (κ3) is 1.47. The summed E-state index contributed by atoms with van der Waals surface area (Å²) >= 11 is 0. The maximum atomic E-state index is 13.1. The van der Waals surface area contributed by atoms with Gasteiger partial charge in [-0.15, -0.1) is 0 Å². The van der Waals surface area contributed by atoms with Gasteiger partial charge in [0.15, 0.2) is 0 Å². The number of nitro benzene ring substituents is 1. The number of hydrogen-bond donors (Lipinski definition) is 0. The summed E-state index contributed by atoms with van der Waals surface area (Å²) in [5.41, 5.74) is -0.724. The topological polar surface area (TPSA) is 66.9 Å². The standard InChI is InChI=1S/C8H5FN2O2/c1-5-2-3-6(4-10)7(9)8(5)11(12)13/h2-3H,1H3. The molecular weight excluding hydrogens is 175 g/mol. The average molecular weight is 180 g/mol. The van der Waals surface area contributed by atoms with E-state index < -0.39 is 16.4 Å². The van der Waals surface area contributed by atoms with Crippen molar-refractivity contribution >= 4 is 5.69 Å². The molecule has 66 valence electrons. The van der Waals surface area contributed by atoms with Gasteiger partial charge in [0.2, 0.25) is 5.82 Å². The van der Waals surface area contributed by atoms with Gasteiger partial charge in [0.25, 0.3) is 0 Å². The Morgan fingerprint density at radius 2 is 2.23 bits per heavy atom. The summed E-state index contributed by atoms with van der Waals surface area (Å²) in [5, 5.41) is 18.8. The molecule has 0 aromatic heterocycles. The Kier molecular flexibility index (Phi) is 2.24. The molecule has 0 aliphatic carbocycles. The summed E-state index contributed by atoms with van der Waals surface area (Å²) in [4.78, 5) is 9.54. The first-order chi connectivity index (χ1) is 6.07. The largest absolute Gasteiger partial charge is 0.309 e. The van der Waals surface area contributed by atoms with E-state index >= 15 is 0 Å². The van der Waals surface area contributed by atoms with E-state index in [-0.39, 0.29) is 11.1 Å². The van der Waals surface area contributed by atoms with Crippen molar-refractivity contribution in [2.24, 2.45) is 0 Å². The molecule has 13 heavy (non-hydrogen) atoms. The first kappa shape index (κ1) is 9.13. The molecule has 0 spiro atoms. The van der Waals surface area contributed by atoms with Crippen LogP contribution in [-0.4, -0.2) is 4.92 Å². The van der Waals surface area contributed by atoms with Crippen molar-refractivity contribution in [1.82, 2.24) is 0 Å². The van der Waals surface area contributed by atoms with Crippen LogP contribution in [0, 0.1) is 34.2 Å². The summed E-state index contributed by atoms with van der Waals surface area (Å²) in [7, 11) is 0. The van der Waals surface area contributed by atoms with Gasteiger partial charge in [-0.2, -0.15) is 9.65 Å². The second-order valence-electron chi connectivity index (χ2n) is 2.46. The zero-order valence-electron chi connectivity index (χ0n) is 6.74. The van der Waals surface area contributed by atoms with E-state index in [9.17, 15) is 14.5 Å². The fraction of sp³-hybridized carbons (Fsp3) is 0.125. The van der Waals surface area contributed by atoms with Crippen LogP contribution in [0.25, 0.3) is 0 Å². The molecule has 0 atom stereocenters. The Bertz CT molecular complexity index is 409. The van der Waals surface area contributed by atoms with Gasteiger partial charge in [0, 0.05) is 5.56 Å². The molecule has 0 bridgehead atoms. The fourth-order valence-corrected chi connectivity index (χ4v) is 0.972. The molecule has 1 rings (SSSR count). The molecule has 0 radical (unpaired) electrons. The van der Waals surface area contributed by atoms with E-state index in [1.54, 1.807) is 0 Å². The van der Waals surface area contributed by atoms with Crippen LogP contribution in [0.4, 0.5) is 10.1 Å². The predicted molar refractivity (Wildman–Crippen MR) is 42.5 cm³/mol. The lowest BCUT2D eigenvalue weighted by Crippen LogP contribution is -1.97. The summed E-state index contributed by atoms with van der Waals surface area (Å²) in [6.45, 7) is 1.42. The molecule has 0 saturated carbocycles. The Hall–Kier alpha value is -1.96. The van der Waals surface area contributed by atoms with Gasteiger partial charge in [-0.1, -0.05) is 6.07 Å². The van der Waals surface area contributed by atoms with Gasteiger partial charge < -0.3 is 0 Å². The van der Waals surface area contributed by atoms with E-state index in [0.717, 1.165) is 0 Å². The Labute approximate surface area is 73.4 Å². The molecule has 0 heterocycles. The predicted octanol–water partition coefficient (Wildman–Crippen LogP) is 1.91. The van der Waals surface area contributed by atoms with Crippen LogP contribution in [0.5, 0.6) is 0 Å². The van der Waals surface area contributed by atoms with Crippen molar-refractivity contribution in [2.75, 3.05) is 0 Å². The number of halogens is 1. The number of nitrogens with zero attached hydrogens (tertiary/aromatic N) is 2. The van der Waals surface area contributed by atoms with E-state index in [1.165, 1.54) is 25.1 Å². The summed E-state index contributed by atoms with van der Waals surface area (Å²) in [6.07, 6.45) is 0. The maximum Gasteiger partial charge on any atom is 0.309 e. The lowest BCUT2D eigenvalue weighted by Gasteiger charge is -1.98. The molecule has 0 saturated heterocycles. The van der Waals surface area contributed by atoms with Crippen molar-refractivity contribution < 1.29 is 9.31 Å². The van der Waals surface area contributed by atoms with Crippen LogP contribution in [0.15, 0.2) is 12.1 Å². The minimum Gasteiger partial charge on any atom is -0.258 e. The number of nitriles is 1. The molecule has 0 N–H and O–H groups in total. The number of hydrogen-bond acceptors (Lipinski definition) is 3. The lowest BCUT2D eigenvalue weighted by atomic mass is 10.1. The SMILES string of the molecule is Cc1ccc(C#N)c(F)c1[N+](=O)[O-]. The highest BCUT2D eigenvalue weighted by Crippen LogP contribution is 2.24. The van der Waals surface area contributed by atoms with Gasteiger partial charge >= 0.3 is 5.69 Å². The van der Waals surface area contributed by atoms with E-state index in [2.05, 4.69) is 0 Å². The first-order valence-corrected chi connectivity index (χ1v) is 3.41. The van der Waals surface area contributed by atoms with Crippen LogP contribution in [0.1, 0.15) is 11.1 Å². The number of aryl methyl sites for hydroxylation is 1. The molecule has 0 unspecified atom stereocenters. The molecule has 0 fully saturated rings. The molecule has 5 heteroatoms.